The van der Waals surface area contributed by atoms with E-state index in [2.05, 4.69) is 6.07 Å². The zero-order valence-corrected chi connectivity index (χ0v) is 11.4. The topological polar surface area (TPSA) is 44.1 Å². The highest BCUT2D eigenvalue weighted by molar-refractivity contribution is 5.92. The van der Waals surface area contributed by atoms with E-state index in [1.807, 2.05) is 72.6 Å². The van der Waals surface area contributed by atoms with Crippen LogP contribution in [0, 0.1) is 11.3 Å². The minimum absolute atomic E-state index is 0.0925. The summed E-state index contributed by atoms with van der Waals surface area (Å²) in [5.41, 5.74) is 1.71. The zero-order valence-electron chi connectivity index (χ0n) is 11.4. The van der Waals surface area contributed by atoms with Crippen LogP contribution in [0.3, 0.4) is 0 Å². The number of hydrogen-bond donors (Lipinski definition) is 0. The Kier molecular flexibility index (Phi) is 4.52. The molecule has 0 N–H and O–H groups in total. The molecule has 0 amide bonds. The Morgan fingerprint density at radius 2 is 1.65 bits per heavy atom. The third kappa shape index (κ3) is 3.24. The number of Topliss-reactive ketones (excluding diaryl/α,β-unsaturated/α-hetero) is 1. The van der Waals surface area contributed by atoms with Crippen LogP contribution < -0.4 is 4.90 Å². The van der Waals surface area contributed by atoms with Gasteiger partial charge in [0.25, 0.3) is 0 Å². The Balaban J connectivity index is 2.10. The smallest absolute Gasteiger partial charge is 0.173 e. The molecule has 100 valence electrons. The van der Waals surface area contributed by atoms with Gasteiger partial charge in [-0.3, -0.25) is 4.79 Å². The van der Waals surface area contributed by atoms with Gasteiger partial charge in [-0.1, -0.05) is 48.5 Å². The minimum Gasteiger partial charge on any atom is -0.367 e. The number of anilines is 1. The van der Waals surface area contributed by atoms with Gasteiger partial charge >= 0.3 is 0 Å². The van der Waals surface area contributed by atoms with Crippen molar-refractivity contribution in [3.8, 4) is 6.07 Å². The van der Waals surface area contributed by atoms with Gasteiger partial charge in [-0.05, 0) is 17.7 Å². The highest BCUT2D eigenvalue weighted by Gasteiger charge is 2.21. The zero-order chi connectivity index (χ0) is 14.4. The summed E-state index contributed by atoms with van der Waals surface area (Å²) in [6.45, 7) is 0.219. The van der Waals surface area contributed by atoms with Crippen molar-refractivity contribution < 1.29 is 4.79 Å². The molecule has 0 aliphatic carbocycles. The summed E-state index contributed by atoms with van der Waals surface area (Å²) in [7, 11) is 1.85. The maximum Gasteiger partial charge on any atom is 0.173 e. The first kappa shape index (κ1) is 13.8. The Morgan fingerprint density at radius 3 is 2.20 bits per heavy atom. The molecule has 0 saturated carbocycles. The van der Waals surface area contributed by atoms with Crippen molar-refractivity contribution in [1.29, 1.82) is 5.26 Å². The summed E-state index contributed by atoms with van der Waals surface area (Å²) in [4.78, 5) is 14.2. The number of nitrogens with zero attached hydrogens (tertiary/aromatic N) is 2. The van der Waals surface area contributed by atoms with E-state index in [9.17, 15) is 10.1 Å². The third-order valence-corrected chi connectivity index (χ3v) is 3.17. The predicted octanol–water partition coefficient (Wildman–Crippen LogP) is 3.00. The van der Waals surface area contributed by atoms with Crippen molar-refractivity contribution in [3.63, 3.8) is 0 Å². The fourth-order valence-electron chi connectivity index (χ4n) is 2.08. The molecular weight excluding hydrogens is 248 g/mol. The molecule has 0 aliphatic rings. The van der Waals surface area contributed by atoms with Gasteiger partial charge in [0.15, 0.2) is 5.78 Å². The van der Waals surface area contributed by atoms with Crippen LogP contribution >= 0.6 is 0 Å². The van der Waals surface area contributed by atoms with Crippen LogP contribution in [0.25, 0.3) is 0 Å². The molecule has 0 aliphatic heterocycles. The lowest BCUT2D eigenvalue weighted by molar-refractivity contribution is -0.118. The molecule has 0 radical (unpaired) electrons. The summed E-state index contributed by atoms with van der Waals surface area (Å²) in [5, 5.41) is 9.24. The first-order chi connectivity index (χ1) is 9.72. The van der Waals surface area contributed by atoms with Gasteiger partial charge in [0, 0.05) is 12.7 Å². The molecule has 2 aromatic carbocycles. The number of ketones is 1. The lowest BCUT2D eigenvalue weighted by Crippen LogP contribution is -2.28. The predicted molar refractivity (Wildman–Crippen MR) is 79.5 cm³/mol. The highest BCUT2D eigenvalue weighted by atomic mass is 16.1. The van der Waals surface area contributed by atoms with E-state index >= 15 is 0 Å². The summed E-state index contributed by atoms with van der Waals surface area (Å²) >= 11 is 0. The van der Waals surface area contributed by atoms with Crippen LogP contribution in [-0.2, 0) is 4.79 Å². The van der Waals surface area contributed by atoms with Gasteiger partial charge in [-0.25, -0.2) is 0 Å². The molecule has 2 aromatic rings. The lowest BCUT2D eigenvalue weighted by Gasteiger charge is -2.19. The molecule has 0 bridgehead atoms. The van der Waals surface area contributed by atoms with Crippen LogP contribution in [0.4, 0.5) is 5.69 Å². The normalized spacial score (nSPS) is 11.4. The van der Waals surface area contributed by atoms with Gasteiger partial charge in [-0.2, -0.15) is 5.26 Å². The molecule has 0 spiro atoms. The fraction of sp³-hybridized carbons (Fsp3) is 0.176. The average molecular weight is 264 g/mol. The molecule has 0 fully saturated rings. The summed E-state index contributed by atoms with van der Waals surface area (Å²) < 4.78 is 0. The first-order valence-electron chi connectivity index (χ1n) is 6.46. The standard InChI is InChI=1S/C17H16N2O/c1-19(15-10-6-3-7-11-15)13-17(20)16(12-18)14-8-4-2-5-9-14/h2-11,16H,13H2,1H3. The van der Waals surface area contributed by atoms with Crippen LogP contribution in [-0.4, -0.2) is 19.4 Å². The molecule has 0 heterocycles. The van der Waals surface area contributed by atoms with E-state index < -0.39 is 5.92 Å². The number of para-hydroxylation sites is 1. The molecule has 1 unspecified atom stereocenters. The number of carbonyl (C=O) groups is 1. The second kappa shape index (κ2) is 6.53. The molecule has 0 aromatic heterocycles. The number of rotatable bonds is 5. The van der Waals surface area contributed by atoms with E-state index in [0.717, 1.165) is 11.3 Å². The van der Waals surface area contributed by atoms with Crippen molar-refractivity contribution >= 4 is 11.5 Å². The molecule has 3 heteroatoms. The Labute approximate surface area is 119 Å². The number of likely N-dealkylation sites (N-methyl/N-ethyl adjacent to an activating group) is 1. The minimum atomic E-state index is -0.706. The number of benzene rings is 2. The summed E-state index contributed by atoms with van der Waals surface area (Å²) in [6, 6.07) is 20.9. The van der Waals surface area contributed by atoms with Crippen molar-refractivity contribution in [2.24, 2.45) is 0 Å². The van der Waals surface area contributed by atoms with Crippen LogP contribution in [0.15, 0.2) is 60.7 Å². The van der Waals surface area contributed by atoms with E-state index in [1.54, 1.807) is 0 Å². The maximum atomic E-state index is 12.3. The van der Waals surface area contributed by atoms with Crippen LogP contribution in [0.1, 0.15) is 11.5 Å². The molecular formula is C17H16N2O. The Morgan fingerprint density at radius 1 is 1.10 bits per heavy atom. The van der Waals surface area contributed by atoms with Gasteiger partial charge in [-0.15, -0.1) is 0 Å². The number of nitriles is 1. The van der Waals surface area contributed by atoms with Crippen molar-refractivity contribution in [3.05, 3.63) is 66.2 Å². The molecule has 0 saturated heterocycles. The van der Waals surface area contributed by atoms with E-state index in [4.69, 9.17) is 0 Å². The molecule has 2 rings (SSSR count). The SMILES string of the molecule is CN(CC(=O)C(C#N)c1ccccc1)c1ccccc1. The second-order valence-corrected chi connectivity index (χ2v) is 4.63. The third-order valence-electron chi connectivity index (χ3n) is 3.17. The Bertz CT molecular complexity index is 602. The summed E-state index contributed by atoms with van der Waals surface area (Å²) in [5.74, 6) is -0.799. The van der Waals surface area contributed by atoms with Crippen molar-refractivity contribution in [2.45, 2.75) is 5.92 Å². The van der Waals surface area contributed by atoms with Crippen LogP contribution in [0.5, 0.6) is 0 Å². The second-order valence-electron chi connectivity index (χ2n) is 4.63. The number of hydrogen-bond acceptors (Lipinski definition) is 3. The Hall–Kier alpha value is -2.60. The number of carbonyl (C=O) groups excluding carboxylic acids is 1. The van der Waals surface area contributed by atoms with E-state index in [0.29, 0.717) is 0 Å². The van der Waals surface area contributed by atoms with E-state index in [-0.39, 0.29) is 12.3 Å². The monoisotopic (exact) mass is 264 g/mol. The van der Waals surface area contributed by atoms with Crippen LogP contribution in [0.2, 0.25) is 0 Å². The highest BCUT2D eigenvalue weighted by Crippen LogP contribution is 2.18. The van der Waals surface area contributed by atoms with E-state index in [1.165, 1.54) is 0 Å². The quantitative estimate of drug-likeness (QED) is 0.833. The van der Waals surface area contributed by atoms with Gasteiger partial charge in [0.05, 0.1) is 12.6 Å². The average Bonchev–Trinajstić information content (AvgIpc) is 2.50. The van der Waals surface area contributed by atoms with Gasteiger partial charge in [0.1, 0.15) is 5.92 Å². The van der Waals surface area contributed by atoms with Crippen molar-refractivity contribution in [2.75, 3.05) is 18.5 Å². The van der Waals surface area contributed by atoms with Gasteiger partial charge in [0.2, 0.25) is 0 Å². The largest absolute Gasteiger partial charge is 0.367 e. The maximum absolute atomic E-state index is 12.3. The summed E-state index contributed by atoms with van der Waals surface area (Å²) in [6.07, 6.45) is 0. The molecule has 3 nitrogen and oxygen atoms in total. The fourth-order valence-corrected chi connectivity index (χ4v) is 2.08. The van der Waals surface area contributed by atoms with Gasteiger partial charge < -0.3 is 4.90 Å². The van der Waals surface area contributed by atoms with Crippen molar-refractivity contribution in [1.82, 2.24) is 0 Å². The molecule has 20 heavy (non-hydrogen) atoms. The molecule has 1 atom stereocenters. The first-order valence-corrected chi connectivity index (χ1v) is 6.46. The lowest BCUT2D eigenvalue weighted by atomic mass is 9.96.